The van der Waals surface area contributed by atoms with Gasteiger partial charge in [0, 0.05) is 17.7 Å². The molecule has 4 nitrogen and oxygen atoms in total. The van der Waals surface area contributed by atoms with Crippen molar-refractivity contribution >= 4 is 11.9 Å². The van der Waals surface area contributed by atoms with Crippen LogP contribution in [0.25, 0.3) is 6.08 Å². The van der Waals surface area contributed by atoms with Gasteiger partial charge in [-0.25, -0.2) is 4.39 Å². The fraction of sp³-hybridized carbons (Fsp3) is 0.179. The topological polar surface area (TPSA) is 67.9 Å². The second-order valence-corrected chi connectivity index (χ2v) is 8.77. The molecule has 3 unspecified atom stereocenters. The second-order valence-electron chi connectivity index (χ2n) is 8.77. The molecule has 0 N–H and O–H groups in total. The molecular weight excluding hydrogens is 470 g/mol. The van der Waals surface area contributed by atoms with Gasteiger partial charge in [-0.1, -0.05) is 42.5 Å². The Morgan fingerprint density at radius 3 is 2.14 bits per heavy atom. The summed E-state index contributed by atoms with van der Waals surface area (Å²) >= 11 is 0. The first-order valence-electron chi connectivity index (χ1n) is 11.1. The monoisotopic (exact) mass is 487 g/mol. The largest absolute Gasteiger partial charge is 0.416 e. The Labute approximate surface area is 204 Å². The Morgan fingerprint density at radius 1 is 0.889 bits per heavy atom. The molecule has 0 saturated carbocycles. The minimum absolute atomic E-state index is 0.0635. The van der Waals surface area contributed by atoms with Crippen LogP contribution in [0.15, 0.2) is 79.0 Å². The van der Waals surface area contributed by atoms with E-state index in [2.05, 4.69) is 0 Å². The van der Waals surface area contributed by atoms with Crippen molar-refractivity contribution < 1.29 is 22.4 Å². The highest BCUT2D eigenvalue weighted by atomic mass is 19.4. The molecule has 0 radical (unpaired) electrons. The van der Waals surface area contributed by atoms with Crippen LogP contribution < -0.4 is 0 Å². The predicted octanol–water partition coefficient (Wildman–Crippen LogP) is 6.25. The van der Waals surface area contributed by atoms with E-state index in [0.29, 0.717) is 11.1 Å². The van der Waals surface area contributed by atoms with E-state index >= 15 is 0 Å². The van der Waals surface area contributed by atoms with E-state index < -0.39 is 46.8 Å². The fourth-order valence-corrected chi connectivity index (χ4v) is 5.45. The molecule has 1 fully saturated rings. The summed E-state index contributed by atoms with van der Waals surface area (Å²) < 4.78 is 56.0. The molecule has 8 heteroatoms. The first-order chi connectivity index (χ1) is 17.2. The summed E-state index contributed by atoms with van der Waals surface area (Å²) in [6.45, 7) is 0. The molecule has 2 heterocycles. The van der Waals surface area contributed by atoms with Crippen molar-refractivity contribution in [1.82, 2.24) is 4.90 Å². The summed E-state index contributed by atoms with van der Waals surface area (Å²) in [6.07, 6.45) is -1.53. The third-order valence-electron chi connectivity index (χ3n) is 6.94. The molecule has 2 aliphatic rings. The first-order valence-corrected chi connectivity index (χ1v) is 11.1. The minimum atomic E-state index is -4.78. The van der Waals surface area contributed by atoms with E-state index in [4.69, 9.17) is 0 Å². The SMILES string of the molecule is N#CC1(C#N)C(c2ccccc2C(F)(F)F)C(C(=O)c2ccc(F)cc2)N2C=Cc3ccccc3C21. The summed E-state index contributed by atoms with van der Waals surface area (Å²) in [4.78, 5) is 15.4. The number of carbonyl (C=O) groups is 1. The summed E-state index contributed by atoms with van der Waals surface area (Å²) in [5, 5.41) is 20.9. The van der Waals surface area contributed by atoms with E-state index in [-0.39, 0.29) is 11.1 Å². The lowest BCUT2D eigenvalue weighted by Gasteiger charge is -2.34. The van der Waals surface area contributed by atoms with Gasteiger partial charge in [-0.05, 0) is 53.1 Å². The van der Waals surface area contributed by atoms with Gasteiger partial charge in [-0.3, -0.25) is 4.79 Å². The molecular formula is C28H17F4N3O. The van der Waals surface area contributed by atoms with Gasteiger partial charge in [-0.2, -0.15) is 23.7 Å². The standard InChI is InChI=1S/C28H17F4N3O/c29-19-11-9-18(10-12-19)25(36)24-23(21-7-3-4-8-22(21)28(30,31)32)27(15-33,16-34)26-20-6-2-1-5-17(20)13-14-35(24)26/h1-14,23-24,26H. The molecule has 36 heavy (non-hydrogen) atoms. The summed E-state index contributed by atoms with van der Waals surface area (Å²) in [5.41, 5.74) is -2.04. The van der Waals surface area contributed by atoms with Crippen LogP contribution in [0, 0.1) is 33.9 Å². The van der Waals surface area contributed by atoms with Gasteiger partial charge in [0.15, 0.2) is 11.2 Å². The smallest absolute Gasteiger partial charge is 0.357 e. The number of nitriles is 2. The number of nitrogens with zero attached hydrogens (tertiary/aromatic N) is 3. The Balaban J connectivity index is 1.82. The number of halogens is 4. The highest BCUT2D eigenvalue weighted by molar-refractivity contribution is 6.01. The van der Waals surface area contributed by atoms with Crippen molar-refractivity contribution in [2.45, 2.75) is 24.2 Å². The third kappa shape index (κ3) is 3.37. The van der Waals surface area contributed by atoms with Crippen LogP contribution in [0.5, 0.6) is 0 Å². The van der Waals surface area contributed by atoms with Gasteiger partial charge in [0.25, 0.3) is 0 Å². The average molecular weight is 487 g/mol. The number of carbonyl (C=O) groups excluding carboxylic acids is 1. The highest BCUT2D eigenvalue weighted by Crippen LogP contribution is 2.61. The fourth-order valence-electron chi connectivity index (χ4n) is 5.45. The van der Waals surface area contributed by atoms with Crippen LogP contribution in [-0.4, -0.2) is 16.7 Å². The normalized spacial score (nSPS) is 21.7. The van der Waals surface area contributed by atoms with Crippen molar-refractivity contribution in [1.29, 1.82) is 10.5 Å². The Morgan fingerprint density at radius 2 is 1.50 bits per heavy atom. The minimum Gasteiger partial charge on any atom is -0.357 e. The predicted molar refractivity (Wildman–Crippen MR) is 122 cm³/mol. The number of alkyl halides is 3. The number of benzene rings is 3. The molecule has 0 amide bonds. The molecule has 178 valence electrons. The van der Waals surface area contributed by atoms with Gasteiger partial charge in [-0.15, -0.1) is 0 Å². The molecule has 5 rings (SSSR count). The van der Waals surface area contributed by atoms with E-state index in [0.717, 1.165) is 18.2 Å². The van der Waals surface area contributed by atoms with Crippen molar-refractivity contribution in [2.75, 3.05) is 0 Å². The second kappa shape index (κ2) is 8.35. The van der Waals surface area contributed by atoms with Gasteiger partial charge in [0.1, 0.15) is 11.9 Å². The zero-order valence-corrected chi connectivity index (χ0v) is 18.6. The summed E-state index contributed by atoms with van der Waals surface area (Å²) in [6, 6.07) is 18.1. The van der Waals surface area contributed by atoms with E-state index in [1.807, 2.05) is 12.1 Å². The maximum absolute atomic E-state index is 14.1. The molecule has 0 spiro atoms. The molecule has 0 aliphatic carbocycles. The number of Topliss-reactive ketones (excluding diaryl/α,β-unsaturated/α-hetero) is 1. The van der Waals surface area contributed by atoms with Crippen molar-refractivity contribution in [3.63, 3.8) is 0 Å². The molecule has 0 bridgehead atoms. The first kappa shape index (κ1) is 23.3. The maximum atomic E-state index is 14.1. The highest BCUT2D eigenvalue weighted by Gasteiger charge is 2.64. The van der Waals surface area contributed by atoms with Gasteiger partial charge in [0.2, 0.25) is 0 Å². The lowest BCUT2D eigenvalue weighted by molar-refractivity contribution is -0.138. The zero-order chi connectivity index (χ0) is 25.7. The van der Waals surface area contributed by atoms with Crippen LogP contribution in [0.3, 0.4) is 0 Å². The zero-order valence-electron chi connectivity index (χ0n) is 18.6. The summed E-state index contributed by atoms with van der Waals surface area (Å²) in [7, 11) is 0. The number of fused-ring (bicyclic) bond motifs is 3. The quantitative estimate of drug-likeness (QED) is 0.323. The maximum Gasteiger partial charge on any atom is 0.416 e. The molecule has 0 aromatic heterocycles. The van der Waals surface area contributed by atoms with Crippen LogP contribution in [0.2, 0.25) is 0 Å². The average Bonchev–Trinajstić information content (AvgIpc) is 3.19. The lowest BCUT2D eigenvalue weighted by Crippen LogP contribution is -2.38. The van der Waals surface area contributed by atoms with Crippen LogP contribution in [0.1, 0.15) is 44.6 Å². The lowest BCUT2D eigenvalue weighted by atomic mass is 9.66. The van der Waals surface area contributed by atoms with Crippen LogP contribution in [-0.2, 0) is 6.18 Å². The van der Waals surface area contributed by atoms with Crippen molar-refractivity contribution in [3.05, 3.63) is 113 Å². The van der Waals surface area contributed by atoms with Gasteiger partial charge in [0.05, 0.1) is 23.7 Å². The molecule has 1 saturated heterocycles. The van der Waals surface area contributed by atoms with Crippen LogP contribution >= 0.6 is 0 Å². The Bertz CT molecular complexity index is 1450. The molecule has 2 aliphatic heterocycles. The number of hydrogen-bond acceptors (Lipinski definition) is 4. The van der Waals surface area contributed by atoms with Crippen LogP contribution in [0.4, 0.5) is 17.6 Å². The van der Waals surface area contributed by atoms with E-state index in [1.165, 1.54) is 35.2 Å². The number of hydrogen-bond donors (Lipinski definition) is 0. The van der Waals surface area contributed by atoms with E-state index in [9.17, 15) is 32.9 Å². The van der Waals surface area contributed by atoms with Gasteiger partial charge < -0.3 is 4.90 Å². The van der Waals surface area contributed by atoms with E-state index in [1.54, 1.807) is 36.5 Å². The molecule has 3 aromatic rings. The van der Waals surface area contributed by atoms with Crippen molar-refractivity contribution in [3.8, 4) is 12.1 Å². The summed E-state index contributed by atoms with van der Waals surface area (Å²) in [5.74, 6) is -2.65. The Hall–Kier alpha value is -4.43. The number of rotatable bonds is 3. The van der Waals surface area contributed by atoms with Crippen molar-refractivity contribution in [2.24, 2.45) is 5.41 Å². The molecule has 3 atom stereocenters. The number of ketones is 1. The molecule has 3 aromatic carbocycles. The van der Waals surface area contributed by atoms with Gasteiger partial charge >= 0.3 is 6.18 Å². The Kier molecular flexibility index (Phi) is 5.41. The third-order valence-corrected chi connectivity index (χ3v) is 6.94.